The molecule has 3 aliphatic heterocycles. The molecule has 10 heteroatoms. The van der Waals surface area contributed by atoms with Crippen molar-refractivity contribution in [3.63, 3.8) is 0 Å². The van der Waals surface area contributed by atoms with Gasteiger partial charge in [0.1, 0.15) is 11.8 Å². The molecule has 3 heterocycles. The van der Waals surface area contributed by atoms with E-state index in [0.717, 1.165) is 50.1 Å². The number of thioether (sulfide) groups is 1. The predicted octanol–water partition coefficient (Wildman–Crippen LogP) is 2.14. The van der Waals surface area contributed by atoms with Crippen LogP contribution in [0.2, 0.25) is 0 Å². The summed E-state index contributed by atoms with van der Waals surface area (Å²) in [5.74, 6) is -1.61. The van der Waals surface area contributed by atoms with Gasteiger partial charge in [0.25, 0.3) is 0 Å². The minimum absolute atomic E-state index is 0.0899. The third kappa shape index (κ3) is 4.49. The zero-order chi connectivity index (χ0) is 23.0. The number of aliphatic hydroxyl groups excluding tert-OH is 1. The lowest BCUT2D eigenvalue weighted by Gasteiger charge is -2.46. The number of nitrogens with one attached hydrogen (secondary N) is 1. The Morgan fingerprint density at radius 2 is 1.84 bits per heavy atom. The summed E-state index contributed by atoms with van der Waals surface area (Å²) in [6, 6.07) is -0.270. The van der Waals surface area contributed by atoms with Gasteiger partial charge in [-0.25, -0.2) is 9.59 Å². The number of rotatable bonds is 7. The highest BCUT2D eigenvalue weighted by Crippen LogP contribution is 2.51. The normalized spacial score (nSPS) is 30.2. The van der Waals surface area contributed by atoms with E-state index < -0.39 is 30.4 Å². The summed E-state index contributed by atoms with van der Waals surface area (Å²) in [7, 11) is 0. The summed E-state index contributed by atoms with van der Waals surface area (Å²) in [6.07, 6.45) is 1.84. The first-order valence-electron chi connectivity index (χ1n) is 11.5. The van der Waals surface area contributed by atoms with Crippen LogP contribution >= 0.6 is 11.8 Å². The van der Waals surface area contributed by atoms with Crippen molar-refractivity contribution in [1.82, 2.24) is 10.2 Å². The number of amides is 1. The van der Waals surface area contributed by atoms with Gasteiger partial charge in [-0.1, -0.05) is 13.3 Å². The molecule has 5 unspecified atom stereocenters. The molecular weight excluding hydrogens is 436 g/mol. The molecule has 1 amide bonds. The van der Waals surface area contributed by atoms with Crippen LogP contribution in [-0.2, 0) is 23.8 Å². The summed E-state index contributed by atoms with van der Waals surface area (Å²) in [5.41, 5.74) is 0.206. The van der Waals surface area contributed by atoms with Crippen molar-refractivity contribution >= 4 is 29.8 Å². The first-order valence-corrected chi connectivity index (χ1v) is 12.4. The second-order valence-electron chi connectivity index (χ2n) is 9.08. The van der Waals surface area contributed by atoms with Crippen molar-refractivity contribution in [3.8, 4) is 0 Å². The molecule has 0 bridgehead atoms. The molecule has 0 radical (unpaired) electrons. The first-order chi connectivity index (χ1) is 15.3. The lowest BCUT2D eigenvalue weighted by Crippen LogP contribution is -2.63. The average Bonchev–Trinajstić information content (AvgIpc) is 2.93. The van der Waals surface area contributed by atoms with E-state index in [4.69, 9.17) is 14.2 Å². The maximum atomic E-state index is 13.1. The Bertz CT molecular complexity index is 791. The molecule has 0 aromatic heterocycles. The van der Waals surface area contributed by atoms with Crippen LogP contribution in [0, 0.1) is 11.8 Å². The number of fused-ring (bicyclic) bond motifs is 1. The molecule has 4 aliphatic rings. The summed E-state index contributed by atoms with van der Waals surface area (Å²) in [5, 5.41) is 13.6. The number of esters is 1. The molecule has 0 aromatic carbocycles. The van der Waals surface area contributed by atoms with Gasteiger partial charge in [0.15, 0.2) is 0 Å². The number of hydrogen-bond acceptors (Lipinski definition) is 9. The number of ether oxygens (including phenoxy) is 3. The van der Waals surface area contributed by atoms with E-state index in [1.54, 1.807) is 18.7 Å². The molecule has 1 saturated carbocycles. The Hall–Kier alpha value is -1.78. The van der Waals surface area contributed by atoms with Gasteiger partial charge < -0.3 is 29.5 Å². The summed E-state index contributed by atoms with van der Waals surface area (Å²) >= 11 is 1.57. The van der Waals surface area contributed by atoms with E-state index in [0.29, 0.717) is 5.25 Å². The monoisotopic (exact) mass is 468 g/mol. The first kappa shape index (κ1) is 23.4. The third-order valence-electron chi connectivity index (χ3n) is 6.69. The third-order valence-corrected chi connectivity index (χ3v) is 8.18. The van der Waals surface area contributed by atoms with Crippen LogP contribution in [0.4, 0.5) is 4.79 Å². The summed E-state index contributed by atoms with van der Waals surface area (Å²) in [6.45, 7) is 6.67. The van der Waals surface area contributed by atoms with E-state index in [-0.39, 0.29) is 29.7 Å². The van der Waals surface area contributed by atoms with Gasteiger partial charge in [-0.15, -0.1) is 11.8 Å². The molecule has 0 spiro atoms. The van der Waals surface area contributed by atoms with Crippen molar-refractivity contribution in [3.05, 3.63) is 10.6 Å². The van der Waals surface area contributed by atoms with Crippen LogP contribution in [0.25, 0.3) is 0 Å². The molecule has 4 rings (SSSR count). The van der Waals surface area contributed by atoms with Gasteiger partial charge >= 0.3 is 12.1 Å². The molecule has 5 atom stereocenters. The highest BCUT2D eigenvalue weighted by atomic mass is 32.2. The second-order valence-corrected chi connectivity index (χ2v) is 10.4. The Morgan fingerprint density at radius 1 is 1.16 bits per heavy atom. The fraction of sp³-hybridized carbons (Fsp3) is 0.773. The fourth-order valence-corrected chi connectivity index (χ4v) is 6.32. The van der Waals surface area contributed by atoms with Crippen molar-refractivity contribution < 1.29 is 33.7 Å². The molecule has 178 valence electrons. The molecule has 32 heavy (non-hydrogen) atoms. The van der Waals surface area contributed by atoms with E-state index >= 15 is 0 Å². The van der Waals surface area contributed by atoms with E-state index in [1.807, 2.05) is 6.92 Å². The Balaban J connectivity index is 1.42. The van der Waals surface area contributed by atoms with Crippen molar-refractivity contribution in [2.45, 2.75) is 82.7 Å². The lowest BCUT2D eigenvalue weighted by atomic mass is 9.79. The van der Waals surface area contributed by atoms with E-state index in [2.05, 4.69) is 5.32 Å². The van der Waals surface area contributed by atoms with Crippen LogP contribution in [0.1, 0.15) is 52.9 Å². The van der Waals surface area contributed by atoms with E-state index in [1.165, 1.54) is 11.8 Å². The quantitative estimate of drug-likeness (QED) is 0.329. The minimum Gasteiger partial charge on any atom is -0.431 e. The highest BCUT2D eigenvalue weighted by Gasteiger charge is 2.60. The standard InChI is InChI=1S/C22H32N2O7S/c1-11-17-16(12(2)25)20(26)24(17)18(19(11)32-15-9-23-10-15)21(27)29-13(3)30-22(28)31-14-7-5-4-6-8-14/h11-17,23,25H,4-10H2,1-3H3. The van der Waals surface area contributed by atoms with Crippen molar-refractivity contribution in [2.75, 3.05) is 13.1 Å². The average molecular weight is 469 g/mol. The van der Waals surface area contributed by atoms with Gasteiger partial charge in [0, 0.05) is 36.1 Å². The lowest BCUT2D eigenvalue weighted by molar-refractivity contribution is -0.174. The maximum absolute atomic E-state index is 13.1. The van der Waals surface area contributed by atoms with Gasteiger partial charge in [0.2, 0.25) is 12.2 Å². The molecular formula is C22H32N2O7S. The number of carbonyl (C=O) groups is 3. The van der Waals surface area contributed by atoms with Crippen LogP contribution in [0.3, 0.4) is 0 Å². The van der Waals surface area contributed by atoms with Gasteiger partial charge in [-0.3, -0.25) is 4.79 Å². The largest absolute Gasteiger partial charge is 0.511 e. The molecule has 2 saturated heterocycles. The van der Waals surface area contributed by atoms with Gasteiger partial charge in [0.05, 0.1) is 18.1 Å². The Kier molecular flexibility index (Phi) is 7.02. The Labute approximate surface area is 192 Å². The molecule has 2 N–H and O–H groups in total. The SMILES string of the molecule is CC(OC(=O)OC1CCCCC1)OC(=O)C1=C(SC2CNC2)C(C)C2C(C(C)O)C(=O)N12. The number of β-lactam (4-membered cyclic amide) rings is 1. The van der Waals surface area contributed by atoms with Crippen LogP contribution in [0.5, 0.6) is 0 Å². The number of hydrogen-bond donors (Lipinski definition) is 2. The zero-order valence-corrected chi connectivity index (χ0v) is 19.6. The Morgan fingerprint density at radius 3 is 2.44 bits per heavy atom. The van der Waals surface area contributed by atoms with Crippen LogP contribution in [-0.4, -0.2) is 70.9 Å². The molecule has 0 aromatic rings. The molecule has 1 aliphatic carbocycles. The smallest absolute Gasteiger partial charge is 0.431 e. The number of aliphatic hydroxyl groups is 1. The van der Waals surface area contributed by atoms with Crippen LogP contribution in [0.15, 0.2) is 10.6 Å². The minimum atomic E-state index is -1.15. The predicted molar refractivity (Wildman–Crippen MR) is 116 cm³/mol. The zero-order valence-electron chi connectivity index (χ0n) is 18.7. The van der Waals surface area contributed by atoms with Gasteiger partial charge in [-0.2, -0.15) is 0 Å². The van der Waals surface area contributed by atoms with Crippen LogP contribution < -0.4 is 5.32 Å². The van der Waals surface area contributed by atoms with E-state index in [9.17, 15) is 19.5 Å². The maximum Gasteiger partial charge on any atom is 0.511 e. The van der Waals surface area contributed by atoms with Gasteiger partial charge in [-0.05, 0) is 32.6 Å². The summed E-state index contributed by atoms with van der Waals surface area (Å²) in [4.78, 5) is 40.1. The topological polar surface area (TPSA) is 114 Å². The molecule has 9 nitrogen and oxygen atoms in total. The summed E-state index contributed by atoms with van der Waals surface area (Å²) < 4.78 is 15.9. The van der Waals surface area contributed by atoms with Crippen molar-refractivity contribution in [1.29, 1.82) is 0 Å². The fourth-order valence-electron chi connectivity index (χ4n) is 4.91. The second kappa shape index (κ2) is 9.61. The number of carbonyl (C=O) groups excluding carboxylic acids is 3. The highest BCUT2D eigenvalue weighted by molar-refractivity contribution is 8.03. The van der Waals surface area contributed by atoms with Crippen molar-refractivity contribution in [2.24, 2.45) is 11.8 Å². The number of nitrogens with zero attached hydrogens (tertiary/aromatic N) is 1. The molecule has 3 fully saturated rings.